The van der Waals surface area contributed by atoms with Gasteiger partial charge in [0.1, 0.15) is 11.6 Å². The van der Waals surface area contributed by atoms with Gasteiger partial charge < -0.3 is 10.5 Å². The van der Waals surface area contributed by atoms with Crippen molar-refractivity contribution >= 4 is 17.4 Å². The molecule has 110 valence electrons. The first-order valence-electron chi connectivity index (χ1n) is 6.22. The fraction of sp³-hybridized carbons (Fsp3) is 0.133. The molecule has 0 saturated heterocycles. The molecule has 0 aliphatic rings. The van der Waals surface area contributed by atoms with Gasteiger partial charge in [-0.1, -0.05) is 18.5 Å². The molecule has 0 aromatic heterocycles. The molecule has 0 heterocycles. The lowest BCUT2D eigenvalue weighted by atomic mass is 10.1. The maximum Gasteiger partial charge on any atom is 0.198 e. The van der Waals surface area contributed by atoms with Gasteiger partial charge in [-0.3, -0.25) is 5.41 Å². The van der Waals surface area contributed by atoms with Gasteiger partial charge in [0.15, 0.2) is 17.4 Å². The van der Waals surface area contributed by atoms with Gasteiger partial charge in [-0.05, 0) is 42.3 Å². The number of nitrogens with two attached hydrogens (primary N) is 1. The second-order valence-corrected chi connectivity index (χ2v) is 4.80. The SMILES string of the molecule is CCc1cc(Oc2c(F)cc(C(=N)N)cc2F)ccc1Cl. The molecule has 0 bridgehead atoms. The second kappa shape index (κ2) is 6.10. The van der Waals surface area contributed by atoms with Crippen molar-refractivity contribution < 1.29 is 13.5 Å². The number of rotatable bonds is 4. The normalized spacial score (nSPS) is 10.5. The topological polar surface area (TPSA) is 59.1 Å². The summed E-state index contributed by atoms with van der Waals surface area (Å²) in [5, 5.41) is 7.75. The highest BCUT2D eigenvalue weighted by Crippen LogP contribution is 2.31. The van der Waals surface area contributed by atoms with E-state index in [2.05, 4.69) is 0 Å². The van der Waals surface area contributed by atoms with E-state index < -0.39 is 23.2 Å². The Bertz CT molecular complexity index is 681. The van der Waals surface area contributed by atoms with Crippen molar-refractivity contribution in [1.82, 2.24) is 0 Å². The predicted octanol–water partition coefficient (Wildman–Crippen LogP) is 4.26. The maximum atomic E-state index is 13.9. The van der Waals surface area contributed by atoms with Crippen molar-refractivity contribution in [3.8, 4) is 11.5 Å². The van der Waals surface area contributed by atoms with Gasteiger partial charge >= 0.3 is 0 Å². The van der Waals surface area contributed by atoms with Crippen molar-refractivity contribution in [1.29, 1.82) is 5.41 Å². The zero-order valence-corrected chi connectivity index (χ0v) is 12.0. The molecule has 0 aliphatic carbocycles. The van der Waals surface area contributed by atoms with Gasteiger partial charge in [0.2, 0.25) is 0 Å². The van der Waals surface area contributed by atoms with Crippen LogP contribution in [0.1, 0.15) is 18.1 Å². The lowest BCUT2D eigenvalue weighted by Crippen LogP contribution is -2.12. The minimum Gasteiger partial charge on any atom is -0.451 e. The zero-order valence-electron chi connectivity index (χ0n) is 11.2. The zero-order chi connectivity index (χ0) is 15.6. The summed E-state index contributed by atoms with van der Waals surface area (Å²) in [5.74, 6) is -2.52. The largest absolute Gasteiger partial charge is 0.451 e. The minimum absolute atomic E-state index is 0.0392. The fourth-order valence-electron chi connectivity index (χ4n) is 1.82. The van der Waals surface area contributed by atoms with Crippen LogP contribution in [0.3, 0.4) is 0 Å². The lowest BCUT2D eigenvalue weighted by molar-refractivity contribution is 0.407. The van der Waals surface area contributed by atoms with E-state index >= 15 is 0 Å². The number of ether oxygens (including phenoxy) is 1. The average Bonchev–Trinajstić information content (AvgIpc) is 2.44. The van der Waals surface area contributed by atoms with Gasteiger partial charge in [-0.15, -0.1) is 0 Å². The molecule has 0 radical (unpaired) electrons. The molecule has 3 nitrogen and oxygen atoms in total. The Morgan fingerprint density at radius 3 is 2.38 bits per heavy atom. The molecule has 0 aliphatic heterocycles. The minimum atomic E-state index is -0.923. The summed E-state index contributed by atoms with van der Waals surface area (Å²) in [5.41, 5.74) is 5.98. The first-order chi connectivity index (χ1) is 9.92. The number of hydrogen-bond acceptors (Lipinski definition) is 2. The van der Waals surface area contributed by atoms with Crippen LogP contribution in [0.25, 0.3) is 0 Å². The van der Waals surface area contributed by atoms with Crippen LogP contribution >= 0.6 is 11.6 Å². The highest BCUT2D eigenvalue weighted by Gasteiger charge is 2.15. The molecule has 21 heavy (non-hydrogen) atoms. The molecule has 3 N–H and O–H groups in total. The van der Waals surface area contributed by atoms with E-state index in [9.17, 15) is 8.78 Å². The van der Waals surface area contributed by atoms with Crippen molar-refractivity contribution in [2.45, 2.75) is 13.3 Å². The first kappa shape index (κ1) is 15.3. The Balaban J connectivity index is 2.38. The van der Waals surface area contributed by atoms with Gasteiger partial charge in [0, 0.05) is 10.6 Å². The number of halogens is 3. The highest BCUT2D eigenvalue weighted by molar-refractivity contribution is 6.31. The summed E-state index contributed by atoms with van der Waals surface area (Å²) in [6, 6.07) is 6.67. The van der Waals surface area contributed by atoms with E-state index in [0.29, 0.717) is 11.4 Å². The predicted molar refractivity (Wildman–Crippen MR) is 78.3 cm³/mol. The van der Waals surface area contributed by atoms with Gasteiger partial charge in [0.25, 0.3) is 0 Å². The number of hydrogen-bond donors (Lipinski definition) is 2. The number of nitrogens with one attached hydrogen (secondary N) is 1. The molecular formula is C15H13ClF2N2O. The van der Waals surface area contributed by atoms with E-state index in [0.717, 1.165) is 17.7 Å². The standard InChI is InChI=1S/C15H13ClF2N2O/c1-2-8-5-10(3-4-11(8)16)21-14-12(17)6-9(15(19)20)7-13(14)18/h3-7H,2H2,1H3,(H3,19,20). The van der Waals surface area contributed by atoms with Crippen molar-refractivity contribution in [2.75, 3.05) is 0 Å². The quantitative estimate of drug-likeness (QED) is 0.655. The smallest absolute Gasteiger partial charge is 0.198 e. The molecule has 0 spiro atoms. The Morgan fingerprint density at radius 1 is 1.24 bits per heavy atom. The van der Waals surface area contributed by atoms with Crippen LogP contribution in [0, 0.1) is 17.0 Å². The van der Waals surface area contributed by atoms with E-state index in [1.807, 2.05) is 6.92 Å². The van der Waals surface area contributed by atoms with Crippen molar-refractivity contribution in [2.24, 2.45) is 5.73 Å². The van der Waals surface area contributed by atoms with E-state index in [4.69, 9.17) is 27.5 Å². The Morgan fingerprint density at radius 2 is 1.86 bits per heavy atom. The van der Waals surface area contributed by atoms with Crippen LogP contribution in [-0.2, 0) is 6.42 Å². The number of aryl methyl sites for hydroxylation is 1. The number of amidine groups is 1. The molecule has 2 aromatic carbocycles. The fourth-order valence-corrected chi connectivity index (χ4v) is 2.07. The van der Waals surface area contributed by atoms with Crippen LogP contribution in [-0.4, -0.2) is 5.84 Å². The summed E-state index contributed by atoms with van der Waals surface area (Å²) in [6.45, 7) is 1.91. The molecule has 6 heteroatoms. The summed E-state index contributed by atoms with van der Waals surface area (Å²) in [4.78, 5) is 0. The first-order valence-corrected chi connectivity index (χ1v) is 6.60. The van der Waals surface area contributed by atoms with E-state index in [-0.39, 0.29) is 11.3 Å². The van der Waals surface area contributed by atoms with Crippen molar-refractivity contribution in [3.05, 3.63) is 58.1 Å². The molecular weight excluding hydrogens is 298 g/mol. The molecule has 0 saturated carbocycles. The molecule has 2 aromatic rings. The van der Waals surface area contributed by atoms with Crippen LogP contribution in [0.4, 0.5) is 8.78 Å². The Labute approximate surface area is 125 Å². The van der Waals surface area contributed by atoms with Crippen LogP contribution < -0.4 is 10.5 Å². The van der Waals surface area contributed by atoms with Gasteiger partial charge in [-0.2, -0.15) is 0 Å². The number of nitrogen functional groups attached to an aromatic ring is 1. The Hall–Kier alpha value is -2.14. The summed E-state index contributed by atoms with van der Waals surface area (Å²) >= 11 is 5.98. The molecule has 0 atom stereocenters. The lowest BCUT2D eigenvalue weighted by Gasteiger charge is -2.11. The van der Waals surface area contributed by atoms with Crippen LogP contribution in [0.2, 0.25) is 5.02 Å². The molecule has 0 amide bonds. The highest BCUT2D eigenvalue weighted by atomic mass is 35.5. The van der Waals surface area contributed by atoms with Gasteiger partial charge in [-0.25, -0.2) is 8.78 Å². The summed E-state index contributed by atoms with van der Waals surface area (Å²) in [7, 11) is 0. The van der Waals surface area contributed by atoms with E-state index in [1.165, 1.54) is 6.07 Å². The Kier molecular flexibility index (Phi) is 4.43. The maximum absolute atomic E-state index is 13.9. The third kappa shape index (κ3) is 3.31. The number of benzene rings is 2. The van der Waals surface area contributed by atoms with Crippen LogP contribution in [0.15, 0.2) is 30.3 Å². The average molecular weight is 311 g/mol. The summed E-state index contributed by atoms with van der Waals surface area (Å²) < 4.78 is 33.0. The third-order valence-electron chi connectivity index (χ3n) is 2.93. The van der Waals surface area contributed by atoms with Gasteiger partial charge in [0.05, 0.1) is 0 Å². The monoisotopic (exact) mass is 310 g/mol. The molecule has 0 fully saturated rings. The van der Waals surface area contributed by atoms with E-state index in [1.54, 1.807) is 12.1 Å². The summed E-state index contributed by atoms with van der Waals surface area (Å²) in [6.07, 6.45) is 0.671. The van der Waals surface area contributed by atoms with Crippen LogP contribution in [0.5, 0.6) is 11.5 Å². The molecule has 0 unspecified atom stereocenters. The second-order valence-electron chi connectivity index (χ2n) is 4.39. The third-order valence-corrected chi connectivity index (χ3v) is 3.30. The molecule has 2 rings (SSSR count). The van der Waals surface area contributed by atoms with Crippen molar-refractivity contribution in [3.63, 3.8) is 0 Å².